The van der Waals surface area contributed by atoms with Gasteiger partial charge in [-0.05, 0) is 6.07 Å². The maximum absolute atomic E-state index is 8.83. The van der Waals surface area contributed by atoms with Crippen LogP contribution in [-0.2, 0) is 0 Å². The van der Waals surface area contributed by atoms with Gasteiger partial charge in [0.15, 0.2) is 0 Å². The Morgan fingerprint density at radius 3 is 2.58 bits per heavy atom. The van der Waals surface area contributed by atoms with E-state index in [1.54, 1.807) is 12.1 Å². The topological polar surface area (TPSA) is 78.5 Å². The lowest BCUT2D eigenvalue weighted by Gasteiger charge is -2.07. The second-order valence-corrected chi connectivity index (χ2v) is 2.60. The second-order valence-electron chi connectivity index (χ2n) is 2.23. The predicted octanol–water partition coefficient (Wildman–Crippen LogP) is -0.695. The van der Waals surface area contributed by atoms with Gasteiger partial charge >= 0.3 is 7.12 Å². The van der Waals surface area contributed by atoms with E-state index in [-0.39, 0.29) is 10.5 Å². The number of nitrogens with one attached hydrogen (secondary N) is 1. The summed E-state index contributed by atoms with van der Waals surface area (Å²) in [6, 6.07) is 4.76. The lowest BCUT2D eigenvalue weighted by molar-refractivity contribution is 0.426. The number of nitrogen functional groups attached to an aromatic ring is 1. The molecule has 0 unspecified atom stereocenters. The van der Waals surface area contributed by atoms with Crippen LogP contribution in [0.4, 0.5) is 5.69 Å². The molecule has 0 aliphatic heterocycles. The minimum Gasteiger partial charge on any atom is -0.423 e. The Morgan fingerprint density at radius 1 is 1.42 bits per heavy atom. The molecule has 0 saturated carbocycles. The van der Waals surface area contributed by atoms with Crippen LogP contribution in [-0.4, -0.2) is 17.2 Å². The molecule has 64 valence electrons. The second kappa shape index (κ2) is 3.77. The van der Waals surface area contributed by atoms with Gasteiger partial charge in [0.05, 0.1) is 10.7 Å². The van der Waals surface area contributed by atoms with Crippen molar-refractivity contribution < 1.29 is 10.0 Å². The number of hydrazine groups is 1. The molecule has 12 heavy (non-hydrogen) atoms. The summed E-state index contributed by atoms with van der Waals surface area (Å²) in [5, 5.41) is 17.9. The van der Waals surface area contributed by atoms with Crippen molar-refractivity contribution >= 4 is 29.9 Å². The summed E-state index contributed by atoms with van der Waals surface area (Å²) in [5.41, 5.74) is 3.03. The van der Waals surface area contributed by atoms with Crippen LogP contribution in [0.2, 0.25) is 5.02 Å². The van der Waals surface area contributed by atoms with Crippen LogP contribution >= 0.6 is 11.6 Å². The Hall–Kier alpha value is -0.745. The van der Waals surface area contributed by atoms with E-state index in [2.05, 4.69) is 5.43 Å². The van der Waals surface area contributed by atoms with E-state index in [0.29, 0.717) is 5.69 Å². The third-order valence-electron chi connectivity index (χ3n) is 1.46. The Morgan fingerprint density at radius 2 is 2.08 bits per heavy atom. The van der Waals surface area contributed by atoms with Gasteiger partial charge in [-0.1, -0.05) is 23.7 Å². The first-order valence-corrected chi connectivity index (χ1v) is 3.65. The van der Waals surface area contributed by atoms with Crippen molar-refractivity contribution in [1.29, 1.82) is 0 Å². The van der Waals surface area contributed by atoms with Crippen LogP contribution in [0.15, 0.2) is 18.2 Å². The fourth-order valence-electron chi connectivity index (χ4n) is 0.861. The van der Waals surface area contributed by atoms with E-state index in [0.717, 1.165) is 0 Å². The SMILES string of the molecule is NNc1cccc(B(O)O)c1Cl. The van der Waals surface area contributed by atoms with Gasteiger partial charge in [0, 0.05) is 5.46 Å². The lowest BCUT2D eigenvalue weighted by atomic mass is 9.80. The molecule has 1 aromatic rings. The number of nitrogens with two attached hydrogens (primary N) is 1. The van der Waals surface area contributed by atoms with Crippen LogP contribution in [0.1, 0.15) is 0 Å². The summed E-state index contributed by atoms with van der Waals surface area (Å²) in [7, 11) is -1.58. The van der Waals surface area contributed by atoms with E-state index < -0.39 is 7.12 Å². The first-order valence-electron chi connectivity index (χ1n) is 3.28. The van der Waals surface area contributed by atoms with Crippen LogP contribution in [0, 0.1) is 0 Å². The van der Waals surface area contributed by atoms with Gasteiger partial charge < -0.3 is 15.5 Å². The van der Waals surface area contributed by atoms with Gasteiger partial charge in [-0.2, -0.15) is 0 Å². The molecule has 0 aliphatic carbocycles. The highest BCUT2D eigenvalue weighted by Crippen LogP contribution is 2.17. The van der Waals surface area contributed by atoms with Crippen molar-refractivity contribution in [2.75, 3.05) is 5.43 Å². The Labute approximate surface area is 75.1 Å². The van der Waals surface area contributed by atoms with Crippen LogP contribution < -0.4 is 16.7 Å². The largest absolute Gasteiger partial charge is 0.490 e. The molecule has 0 radical (unpaired) electrons. The van der Waals surface area contributed by atoms with Crippen molar-refractivity contribution in [1.82, 2.24) is 0 Å². The van der Waals surface area contributed by atoms with Crippen molar-refractivity contribution in [3.05, 3.63) is 23.2 Å². The summed E-state index contributed by atoms with van der Waals surface area (Å²) in [5.74, 6) is 5.12. The van der Waals surface area contributed by atoms with Gasteiger partial charge in [0.1, 0.15) is 0 Å². The minimum absolute atomic E-state index is 0.218. The average Bonchev–Trinajstić information content (AvgIpc) is 2.04. The molecule has 0 fully saturated rings. The van der Waals surface area contributed by atoms with E-state index in [4.69, 9.17) is 27.5 Å². The number of halogens is 1. The zero-order valence-corrected chi connectivity index (χ0v) is 6.92. The standard InChI is InChI=1S/C6H8BClN2O2/c8-6-4(7(11)12)2-1-3-5(6)10-9/h1-3,10-12H,9H2. The van der Waals surface area contributed by atoms with E-state index in [1.807, 2.05) is 0 Å². The molecule has 0 aromatic heterocycles. The molecule has 4 nitrogen and oxygen atoms in total. The van der Waals surface area contributed by atoms with E-state index >= 15 is 0 Å². The predicted molar refractivity (Wildman–Crippen MR) is 49.1 cm³/mol. The van der Waals surface area contributed by atoms with Crippen LogP contribution in [0.25, 0.3) is 0 Å². The maximum Gasteiger partial charge on any atom is 0.490 e. The molecule has 1 aromatic carbocycles. The zero-order valence-electron chi connectivity index (χ0n) is 6.16. The summed E-state index contributed by atoms with van der Waals surface area (Å²) in [4.78, 5) is 0. The van der Waals surface area contributed by atoms with Crippen molar-refractivity contribution in [2.45, 2.75) is 0 Å². The van der Waals surface area contributed by atoms with Crippen LogP contribution in [0.3, 0.4) is 0 Å². The van der Waals surface area contributed by atoms with Gasteiger partial charge in [-0.3, -0.25) is 5.84 Å². The summed E-state index contributed by atoms with van der Waals surface area (Å²) in [6.45, 7) is 0. The van der Waals surface area contributed by atoms with E-state index in [1.165, 1.54) is 6.07 Å². The summed E-state index contributed by atoms with van der Waals surface area (Å²) in [6.07, 6.45) is 0. The average molecular weight is 186 g/mol. The fourth-order valence-corrected chi connectivity index (χ4v) is 1.14. The lowest BCUT2D eigenvalue weighted by Crippen LogP contribution is -2.31. The van der Waals surface area contributed by atoms with E-state index in [9.17, 15) is 0 Å². The monoisotopic (exact) mass is 186 g/mol. The van der Waals surface area contributed by atoms with Crippen molar-refractivity contribution in [3.63, 3.8) is 0 Å². The van der Waals surface area contributed by atoms with Gasteiger partial charge in [-0.15, -0.1) is 0 Å². The van der Waals surface area contributed by atoms with Crippen LogP contribution in [0.5, 0.6) is 0 Å². The Kier molecular flexibility index (Phi) is 2.94. The van der Waals surface area contributed by atoms with Crippen molar-refractivity contribution in [2.24, 2.45) is 5.84 Å². The molecular formula is C6H8BClN2O2. The number of rotatable bonds is 2. The number of benzene rings is 1. The molecule has 0 amide bonds. The molecule has 0 heterocycles. The number of hydrogen-bond acceptors (Lipinski definition) is 4. The molecule has 0 atom stereocenters. The maximum atomic E-state index is 8.83. The Balaban J connectivity index is 3.14. The summed E-state index contributed by atoms with van der Waals surface area (Å²) >= 11 is 5.74. The third-order valence-corrected chi connectivity index (χ3v) is 1.88. The Bertz CT molecular complexity index is 282. The normalized spacial score (nSPS) is 9.67. The van der Waals surface area contributed by atoms with Gasteiger partial charge in [-0.25, -0.2) is 0 Å². The fraction of sp³-hybridized carbons (Fsp3) is 0. The minimum atomic E-state index is -1.58. The molecule has 6 heteroatoms. The van der Waals surface area contributed by atoms with Gasteiger partial charge in [0.2, 0.25) is 0 Å². The highest BCUT2D eigenvalue weighted by Gasteiger charge is 2.16. The first kappa shape index (κ1) is 9.34. The molecule has 5 N–H and O–H groups in total. The molecular weight excluding hydrogens is 178 g/mol. The van der Waals surface area contributed by atoms with Crippen molar-refractivity contribution in [3.8, 4) is 0 Å². The smallest absolute Gasteiger partial charge is 0.423 e. The zero-order chi connectivity index (χ0) is 9.14. The quantitative estimate of drug-likeness (QED) is 0.280. The number of anilines is 1. The molecule has 0 bridgehead atoms. The molecule has 0 saturated heterocycles. The summed E-state index contributed by atoms with van der Waals surface area (Å²) < 4.78 is 0. The first-order chi connectivity index (χ1) is 5.66. The van der Waals surface area contributed by atoms with Gasteiger partial charge in [0.25, 0.3) is 0 Å². The molecule has 1 rings (SSSR count). The highest BCUT2D eigenvalue weighted by atomic mass is 35.5. The molecule has 0 spiro atoms. The molecule has 0 aliphatic rings. The number of hydrogen-bond donors (Lipinski definition) is 4. The highest BCUT2D eigenvalue weighted by molar-refractivity contribution is 6.63. The third kappa shape index (κ3) is 1.70.